The van der Waals surface area contributed by atoms with Crippen molar-refractivity contribution in [3.05, 3.63) is 46.3 Å². The van der Waals surface area contributed by atoms with Crippen molar-refractivity contribution in [1.82, 2.24) is 14.9 Å². The summed E-state index contributed by atoms with van der Waals surface area (Å²) >= 11 is 1.40. The van der Waals surface area contributed by atoms with Crippen molar-refractivity contribution in [3.63, 3.8) is 0 Å². The number of thiophene rings is 1. The summed E-state index contributed by atoms with van der Waals surface area (Å²) in [6.45, 7) is 0.739. The molecule has 0 saturated heterocycles. The number of nitrogens with one attached hydrogen (secondary N) is 1. The molecule has 0 aliphatic carbocycles. The molecular weight excluding hydrogens is 354 g/mol. The molecule has 0 aliphatic heterocycles. The molecule has 1 amide bonds. The Kier molecular flexibility index (Phi) is 5.65. The quantitative estimate of drug-likeness (QED) is 0.640. The van der Waals surface area contributed by atoms with Crippen molar-refractivity contribution in [2.45, 2.75) is 6.54 Å². The van der Waals surface area contributed by atoms with E-state index in [1.165, 1.54) is 22.2 Å². The molecule has 0 fully saturated rings. The van der Waals surface area contributed by atoms with Gasteiger partial charge in [0, 0.05) is 24.6 Å². The first kappa shape index (κ1) is 18.1. The van der Waals surface area contributed by atoms with Crippen LogP contribution >= 0.6 is 11.3 Å². The summed E-state index contributed by atoms with van der Waals surface area (Å²) < 4.78 is 11.4. The van der Waals surface area contributed by atoms with Gasteiger partial charge in [0.05, 0.1) is 25.4 Å². The number of benzene rings is 1. The molecule has 8 heteroatoms. The number of fused-ring (bicyclic) bond motifs is 1. The number of methoxy groups -OCH3 is 2. The summed E-state index contributed by atoms with van der Waals surface area (Å²) in [5.74, 6) is 0.489. The van der Waals surface area contributed by atoms with Crippen LogP contribution in [0.1, 0.15) is 0 Å². The third-order valence-corrected chi connectivity index (χ3v) is 4.79. The lowest BCUT2D eigenvalue weighted by Gasteiger charge is -2.07. The number of amides is 1. The van der Waals surface area contributed by atoms with Crippen LogP contribution in [0.25, 0.3) is 21.3 Å². The van der Waals surface area contributed by atoms with E-state index in [2.05, 4.69) is 10.3 Å². The lowest BCUT2D eigenvalue weighted by atomic mass is 10.1. The van der Waals surface area contributed by atoms with Gasteiger partial charge in [-0.25, -0.2) is 4.98 Å². The van der Waals surface area contributed by atoms with Crippen LogP contribution in [0.15, 0.2) is 40.8 Å². The van der Waals surface area contributed by atoms with E-state index in [9.17, 15) is 9.59 Å². The Labute approximate surface area is 154 Å². The van der Waals surface area contributed by atoms with E-state index in [0.29, 0.717) is 23.4 Å². The van der Waals surface area contributed by atoms with Gasteiger partial charge in [-0.2, -0.15) is 0 Å². The molecule has 7 nitrogen and oxygen atoms in total. The number of ether oxygens (including phenoxy) is 2. The van der Waals surface area contributed by atoms with Crippen molar-refractivity contribution >= 4 is 27.5 Å². The maximum atomic E-state index is 12.9. The van der Waals surface area contributed by atoms with Crippen LogP contribution in [0.2, 0.25) is 0 Å². The van der Waals surface area contributed by atoms with Crippen molar-refractivity contribution in [2.24, 2.45) is 0 Å². The SMILES string of the molecule is COCCNC(=O)Cn1cnc2scc(-c3ccc(OC)cc3)c2c1=O. The second-order valence-electron chi connectivity index (χ2n) is 5.58. The van der Waals surface area contributed by atoms with Gasteiger partial charge < -0.3 is 14.8 Å². The smallest absolute Gasteiger partial charge is 0.263 e. The first-order chi connectivity index (χ1) is 12.6. The van der Waals surface area contributed by atoms with Gasteiger partial charge in [-0.15, -0.1) is 11.3 Å². The third kappa shape index (κ3) is 3.76. The molecule has 136 valence electrons. The summed E-state index contributed by atoms with van der Waals surface area (Å²) in [5, 5.41) is 5.12. The average Bonchev–Trinajstić information content (AvgIpc) is 3.09. The van der Waals surface area contributed by atoms with Gasteiger partial charge in [0.2, 0.25) is 5.91 Å². The fourth-order valence-electron chi connectivity index (χ4n) is 2.57. The molecule has 3 aromatic rings. The Morgan fingerprint density at radius 1 is 1.27 bits per heavy atom. The highest BCUT2D eigenvalue weighted by Crippen LogP contribution is 2.31. The largest absolute Gasteiger partial charge is 0.497 e. The molecule has 0 bridgehead atoms. The fraction of sp³-hybridized carbons (Fsp3) is 0.278. The summed E-state index contributed by atoms with van der Waals surface area (Å²) in [5.41, 5.74) is 1.47. The number of carbonyl (C=O) groups is 1. The monoisotopic (exact) mass is 373 g/mol. The molecule has 2 heterocycles. The molecule has 0 aliphatic rings. The zero-order chi connectivity index (χ0) is 18.5. The van der Waals surface area contributed by atoms with Crippen LogP contribution in [0.5, 0.6) is 5.75 Å². The second kappa shape index (κ2) is 8.11. The summed E-state index contributed by atoms with van der Waals surface area (Å²) in [6.07, 6.45) is 1.41. The topological polar surface area (TPSA) is 82.4 Å². The Hall–Kier alpha value is -2.71. The van der Waals surface area contributed by atoms with Crippen LogP contribution in [0.3, 0.4) is 0 Å². The molecule has 1 aromatic carbocycles. The van der Waals surface area contributed by atoms with E-state index in [0.717, 1.165) is 16.9 Å². The highest BCUT2D eigenvalue weighted by atomic mass is 32.1. The predicted octanol–water partition coefficient (Wildman–Crippen LogP) is 1.90. The van der Waals surface area contributed by atoms with Crippen LogP contribution in [0, 0.1) is 0 Å². The maximum absolute atomic E-state index is 12.9. The van der Waals surface area contributed by atoms with Crippen molar-refractivity contribution < 1.29 is 14.3 Å². The third-order valence-electron chi connectivity index (χ3n) is 3.90. The van der Waals surface area contributed by atoms with Crippen LogP contribution in [0.4, 0.5) is 0 Å². The molecule has 26 heavy (non-hydrogen) atoms. The van der Waals surface area contributed by atoms with E-state index < -0.39 is 0 Å². The van der Waals surface area contributed by atoms with E-state index >= 15 is 0 Å². The molecule has 0 unspecified atom stereocenters. The Morgan fingerprint density at radius 3 is 2.73 bits per heavy atom. The first-order valence-corrected chi connectivity index (χ1v) is 8.88. The van der Waals surface area contributed by atoms with Gasteiger partial charge in [-0.1, -0.05) is 12.1 Å². The van der Waals surface area contributed by atoms with Gasteiger partial charge in [0.1, 0.15) is 17.1 Å². The van der Waals surface area contributed by atoms with E-state index in [-0.39, 0.29) is 18.0 Å². The summed E-state index contributed by atoms with van der Waals surface area (Å²) in [7, 11) is 3.17. The Morgan fingerprint density at radius 2 is 2.04 bits per heavy atom. The fourth-order valence-corrected chi connectivity index (χ4v) is 3.47. The van der Waals surface area contributed by atoms with Crippen LogP contribution in [-0.2, 0) is 16.1 Å². The number of hydrogen-bond donors (Lipinski definition) is 1. The zero-order valence-electron chi connectivity index (χ0n) is 14.5. The van der Waals surface area contributed by atoms with Gasteiger partial charge in [-0.3, -0.25) is 14.2 Å². The number of hydrogen-bond acceptors (Lipinski definition) is 6. The van der Waals surface area contributed by atoms with Gasteiger partial charge >= 0.3 is 0 Å². The van der Waals surface area contributed by atoms with Crippen molar-refractivity contribution in [3.8, 4) is 16.9 Å². The minimum atomic E-state index is -0.258. The van der Waals surface area contributed by atoms with Crippen LogP contribution in [-0.4, -0.2) is 42.8 Å². The molecular formula is C18H19N3O4S. The lowest BCUT2D eigenvalue weighted by Crippen LogP contribution is -2.34. The minimum Gasteiger partial charge on any atom is -0.497 e. The summed E-state index contributed by atoms with van der Waals surface area (Å²) in [4.78, 5) is 29.8. The molecule has 0 atom stereocenters. The van der Waals surface area contributed by atoms with Gasteiger partial charge in [-0.05, 0) is 17.7 Å². The second-order valence-corrected chi connectivity index (χ2v) is 6.44. The van der Waals surface area contributed by atoms with Crippen molar-refractivity contribution in [2.75, 3.05) is 27.4 Å². The highest BCUT2D eigenvalue weighted by molar-refractivity contribution is 7.17. The van der Waals surface area contributed by atoms with Gasteiger partial charge in [0.25, 0.3) is 5.56 Å². The van der Waals surface area contributed by atoms with Crippen LogP contribution < -0.4 is 15.6 Å². The molecule has 1 N–H and O–H groups in total. The number of carbonyl (C=O) groups excluding carboxylic acids is 1. The highest BCUT2D eigenvalue weighted by Gasteiger charge is 2.14. The molecule has 3 rings (SSSR count). The van der Waals surface area contributed by atoms with E-state index in [4.69, 9.17) is 9.47 Å². The van der Waals surface area contributed by atoms with E-state index in [1.54, 1.807) is 14.2 Å². The molecule has 2 aromatic heterocycles. The first-order valence-electron chi connectivity index (χ1n) is 8.00. The molecule has 0 radical (unpaired) electrons. The molecule has 0 spiro atoms. The lowest BCUT2D eigenvalue weighted by molar-refractivity contribution is -0.121. The minimum absolute atomic E-state index is 0.0800. The number of rotatable bonds is 7. The molecule has 0 saturated carbocycles. The van der Waals surface area contributed by atoms with Gasteiger partial charge in [0.15, 0.2) is 0 Å². The van der Waals surface area contributed by atoms with Crippen molar-refractivity contribution in [1.29, 1.82) is 0 Å². The zero-order valence-corrected chi connectivity index (χ0v) is 15.3. The normalized spacial score (nSPS) is 10.8. The maximum Gasteiger partial charge on any atom is 0.263 e. The standard InChI is InChI=1S/C18H19N3O4S/c1-24-8-7-19-15(22)9-21-11-20-17-16(18(21)23)14(10-26-17)12-3-5-13(25-2)6-4-12/h3-6,10-11H,7-9H2,1-2H3,(H,19,22). The summed E-state index contributed by atoms with van der Waals surface area (Å²) in [6, 6.07) is 7.48. The Balaban J connectivity index is 1.92. The van der Waals surface area contributed by atoms with E-state index in [1.807, 2.05) is 29.6 Å². The predicted molar refractivity (Wildman–Crippen MR) is 101 cm³/mol. The number of aromatic nitrogens is 2. The number of nitrogens with zero attached hydrogens (tertiary/aromatic N) is 2. The Bertz CT molecular complexity index is 963. The average molecular weight is 373 g/mol.